The van der Waals surface area contributed by atoms with Crippen LogP contribution in [-0.2, 0) is 11.3 Å². The van der Waals surface area contributed by atoms with Crippen molar-refractivity contribution in [1.29, 1.82) is 0 Å². The van der Waals surface area contributed by atoms with E-state index in [0.29, 0.717) is 23.8 Å². The molecule has 0 radical (unpaired) electrons. The van der Waals surface area contributed by atoms with E-state index in [4.69, 9.17) is 12.2 Å². The minimum atomic E-state index is -0.0967. The Hall–Kier alpha value is -2.21. The summed E-state index contributed by atoms with van der Waals surface area (Å²) in [4.78, 5) is 12.1. The first-order valence-electron chi connectivity index (χ1n) is 8.64. The first-order valence-corrected chi connectivity index (χ1v) is 9.05. The molecule has 0 bridgehead atoms. The van der Waals surface area contributed by atoms with Crippen LogP contribution < -0.4 is 5.32 Å². The maximum absolute atomic E-state index is 12.1. The minimum Gasteiger partial charge on any atom is -0.351 e. The van der Waals surface area contributed by atoms with Crippen molar-refractivity contribution in [2.75, 3.05) is 6.54 Å². The van der Waals surface area contributed by atoms with Crippen molar-refractivity contribution in [2.24, 2.45) is 0 Å². The summed E-state index contributed by atoms with van der Waals surface area (Å²) < 4.78 is 2.61. The second-order valence-electron chi connectivity index (χ2n) is 6.73. The molecular weight excluding hydrogens is 332 g/mol. The summed E-state index contributed by atoms with van der Waals surface area (Å²) in [7, 11) is 0. The van der Waals surface area contributed by atoms with Gasteiger partial charge in [-0.3, -0.25) is 9.89 Å². The van der Waals surface area contributed by atoms with Crippen LogP contribution in [0.4, 0.5) is 0 Å². The van der Waals surface area contributed by atoms with Crippen LogP contribution in [0, 0.1) is 25.5 Å². The van der Waals surface area contributed by atoms with Crippen LogP contribution in [0.2, 0.25) is 0 Å². The van der Waals surface area contributed by atoms with Crippen LogP contribution in [-0.4, -0.2) is 27.2 Å². The molecule has 0 unspecified atom stereocenters. The van der Waals surface area contributed by atoms with Gasteiger partial charge in [-0.25, -0.2) is 0 Å². The third-order valence-corrected chi connectivity index (χ3v) is 4.97. The SMILES string of the molecule is Cc1cc(C)c(/C=C/C(=O)NCCn2c(C3CC3)n[nH]c2=S)cc1C. The molecule has 2 aromatic rings. The monoisotopic (exact) mass is 356 g/mol. The normalized spacial score (nSPS) is 14.2. The molecule has 0 saturated heterocycles. The molecule has 2 N–H and O–H groups in total. The van der Waals surface area contributed by atoms with E-state index in [-0.39, 0.29) is 5.91 Å². The molecule has 1 aromatic carbocycles. The number of benzene rings is 1. The highest BCUT2D eigenvalue weighted by molar-refractivity contribution is 7.71. The van der Waals surface area contributed by atoms with E-state index in [1.807, 2.05) is 10.6 Å². The molecule has 1 saturated carbocycles. The summed E-state index contributed by atoms with van der Waals surface area (Å²) in [6, 6.07) is 4.26. The number of nitrogens with zero attached hydrogens (tertiary/aromatic N) is 2. The summed E-state index contributed by atoms with van der Waals surface area (Å²) in [5, 5.41) is 10.1. The Bertz CT molecular complexity index is 874. The number of aromatic nitrogens is 3. The largest absolute Gasteiger partial charge is 0.351 e. The third kappa shape index (κ3) is 4.25. The Kier molecular flexibility index (Phi) is 5.18. The highest BCUT2D eigenvalue weighted by Gasteiger charge is 2.28. The van der Waals surface area contributed by atoms with Gasteiger partial charge in [0.15, 0.2) is 4.77 Å². The molecule has 3 rings (SSSR count). The number of rotatable bonds is 6. The van der Waals surface area contributed by atoms with E-state index in [9.17, 15) is 4.79 Å². The van der Waals surface area contributed by atoms with Crippen molar-refractivity contribution in [3.05, 3.63) is 51.1 Å². The van der Waals surface area contributed by atoms with Crippen molar-refractivity contribution in [2.45, 2.75) is 46.1 Å². The number of nitrogens with one attached hydrogen (secondary N) is 2. The molecule has 6 heteroatoms. The van der Waals surface area contributed by atoms with Crippen LogP contribution in [0.5, 0.6) is 0 Å². The average Bonchev–Trinajstić information content (AvgIpc) is 3.34. The minimum absolute atomic E-state index is 0.0967. The summed E-state index contributed by atoms with van der Waals surface area (Å²) in [6.07, 6.45) is 5.80. The van der Waals surface area contributed by atoms with E-state index in [1.54, 1.807) is 6.08 Å². The van der Waals surface area contributed by atoms with Crippen molar-refractivity contribution in [3.63, 3.8) is 0 Å². The smallest absolute Gasteiger partial charge is 0.244 e. The van der Waals surface area contributed by atoms with Crippen LogP contribution in [0.3, 0.4) is 0 Å². The lowest BCUT2D eigenvalue weighted by molar-refractivity contribution is -0.116. The van der Waals surface area contributed by atoms with E-state index >= 15 is 0 Å². The van der Waals surface area contributed by atoms with Crippen molar-refractivity contribution >= 4 is 24.2 Å². The number of hydrogen-bond acceptors (Lipinski definition) is 3. The van der Waals surface area contributed by atoms with Gasteiger partial charge in [0, 0.05) is 25.1 Å². The Morgan fingerprint density at radius 2 is 2.04 bits per heavy atom. The highest BCUT2D eigenvalue weighted by Crippen LogP contribution is 2.38. The molecule has 5 nitrogen and oxygen atoms in total. The van der Waals surface area contributed by atoms with Crippen LogP contribution in [0.1, 0.15) is 46.8 Å². The van der Waals surface area contributed by atoms with E-state index in [1.165, 1.54) is 29.5 Å². The second kappa shape index (κ2) is 7.35. The third-order valence-electron chi connectivity index (χ3n) is 4.66. The van der Waals surface area contributed by atoms with Gasteiger partial charge in [-0.2, -0.15) is 5.10 Å². The molecule has 0 spiro atoms. The number of amides is 1. The molecule has 1 fully saturated rings. The number of aromatic amines is 1. The lowest BCUT2D eigenvalue weighted by Crippen LogP contribution is -2.26. The fourth-order valence-electron chi connectivity index (χ4n) is 2.88. The summed E-state index contributed by atoms with van der Waals surface area (Å²) in [5.41, 5.74) is 4.74. The Morgan fingerprint density at radius 3 is 2.76 bits per heavy atom. The topological polar surface area (TPSA) is 62.7 Å². The van der Waals surface area contributed by atoms with Crippen LogP contribution in [0.25, 0.3) is 6.08 Å². The molecule has 25 heavy (non-hydrogen) atoms. The van der Waals surface area contributed by atoms with E-state index < -0.39 is 0 Å². The van der Waals surface area contributed by atoms with Gasteiger partial charge in [0.1, 0.15) is 5.82 Å². The zero-order chi connectivity index (χ0) is 18.0. The quantitative estimate of drug-likeness (QED) is 0.614. The Morgan fingerprint density at radius 1 is 1.32 bits per heavy atom. The standard InChI is InChI=1S/C19H24N4OS/c1-12-10-14(3)16(11-13(12)2)6-7-17(24)20-8-9-23-18(15-4-5-15)21-22-19(23)25/h6-7,10-11,15H,4-5,8-9H2,1-3H3,(H,20,24)(H,22,25)/b7-6+. The molecule has 1 aromatic heterocycles. The number of hydrogen-bond donors (Lipinski definition) is 2. The van der Waals surface area contributed by atoms with Gasteiger partial charge in [0.25, 0.3) is 0 Å². The van der Waals surface area contributed by atoms with Crippen molar-refractivity contribution < 1.29 is 4.79 Å². The summed E-state index contributed by atoms with van der Waals surface area (Å²) >= 11 is 5.27. The lowest BCUT2D eigenvalue weighted by atomic mass is 10.0. The number of carbonyl (C=O) groups is 1. The van der Waals surface area contributed by atoms with Crippen molar-refractivity contribution in [3.8, 4) is 0 Å². The Balaban J connectivity index is 1.56. The predicted molar refractivity (Wildman–Crippen MR) is 102 cm³/mol. The van der Waals surface area contributed by atoms with Gasteiger partial charge in [0.05, 0.1) is 0 Å². The summed E-state index contributed by atoms with van der Waals surface area (Å²) in [5.74, 6) is 1.44. The van der Waals surface area contributed by atoms with Crippen molar-refractivity contribution in [1.82, 2.24) is 20.1 Å². The van der Waals surface area contributed by atoms with Crippen LogP contribution in [0.15, 0.2) is 18.2 Å². The fraction of sp³-hybridized carbons (Fsp3) is 0.421. The first kappa shape index (κ1) is 17.6. The lowest BCUT2D eigenvalue weighted by Gasteiger charge is -2.07. The van der Waals surface area contributed by atoms with Gasteiger partial charge < -0.3 is 9.88 Å². The van der Waals surface area contributed by atoms with Crippen LogP contribution >= 0.6 is 12.2 Å². The van der Waals surface area contributed by atoms with E-state index in [0.717, 1.165) is 11.4 Å². The number of H-pyrrole nitrogens is 1. The molecule has 0 aliphatic heterocycles. The average molecular weight is 356 g/mol. The molecule has 0 atom stereocenters. The second-order valence-corrected chi connectivity index (χ2v) is 7.12. The molecule has 1 heterocycles. The fourth-order valence-corrected chi connectivity index (χ4v) is 3.11. The number of carbonyl (C=O) groups excluding carboxylic acids is 1. The molecule has 1 amide bonds. The van der Waals surface area contributed by atoms with Gasteiger partial charge in [-0.15, -0.1) is 0 Å². The van der Waals surface area contributed by atoms with Gasteiger partial charge in [-0.05, 0) is 74.2 Å². The number of aryl methyl sites for hydroxylation is 3. The highest BCUT2D eigenvalue weighted by atomic mass is 32.1. The Labute approximate surface area is 153 Å². The molecule has 1 aliphatic carbocycles. The first-order chi connectivity index (χ1) is 12.0. The zero-order valence-corrected chi connectivity index (χ0v) is 15.7. The molecular formula is C19H24N4OS. The maximum Gasteiger partial charge on any atom is 0.244 e. The molecule has 132 valence electrons. The zero-order valence-electron chi connectivity index (χ0n) is 14.9. The predicted octanol–water partition coefficient (Wildman–Crippen LogP) is 3.57. The van der Waals surface area contributed by atoms with Gasteiger partial charge in [0.2, 0.25) is 5.91 Å². The molecule has 1 aliphatic rings. The maximum atomic E-state index is 12.1. The van der Waals surface area contributed by atoms with Gasteiger partial charge >= 0.3 is 0 Å². The summed E-state index contributed by atoms with van der Waals surface area (Å²) in [6.45, 7) is 7.41. The van der Waals surface area contributed by atoms with Gasteiger partial charge in [-0.1, -0.05) is 12.1 Å². The van der Waals surface area contributed by atoms with E-state index in [2.05, 4.69) is 48.4 Å².